The van der Waals surface area contributed by atoms with Gasteiger partial charge in [-0.1, -0.05) is 91.0 Å². The zero-order valence-corrected chi connectivity index (χ0v) is 16.3. The van der Waals surface area contributed by atoms with Gasteiger partial charge in [-0.25, -0.2) is 0 Å². The zero-order valence-electron chi connectivity index (χ0n) is 16.3. The largest absolute Gasteiger partial charge is 0.459 e. The van der Waals surface area contributed by atoms with E-state index >= 15 is 0 Å². The van der Waals surface area contributed by atoms with Gasteiger partial charge in [-0.2, -0.15) is 5.26 Å². The fourth-order valence-corrected chi connectivity index (χ4v) is 3.46. The van der Waals surface area contributed by atoms with Crippen LogP contribution in [0.15, 0.2) is 91.0 Å². The van der Waals surface area contributed by atoms with Crippen LogP contribution in [0.2, 0.25) is 0 Å². The van der Waals surface area contributed by atoms with Crippen molar-refractivity contribution in [3.8, 4) is 6.07 Å². The number of benzene rings is 3. The highest BCUT2D eigenvalue weighted by molar-refractivity contribution is 5.66. The quantitative estimate of drug-likeness (QED) is 0.411. The number of rotatable bonds is 8. The molecule has 0 aromatic heterocycles. The lowest BCUT2D eigenvalue weighted by Crippen LogP contribution is -2.36. The maximum atomic E-state index is 11.5. The molecule has 0 spiro atoms. The van der Waals surface area contributed by atoms with E-state index in [0.717, 1.165) is 16.7 Å². The maximum absolute atomic E-state index is 11.5. The number of hydrogen-bond donors (Lipinski definition) is 0. The molecule has 3 aromatic carbocycles. The minimum atomic E-state index is -0.905. The molecule has 0 bridgehead atoms. The third-order valence-electron chi connectivity index (χ3n) is 4.68. The molecule has 29 heavy (non-hydrogen) atoms. The van der Waals surface area contributed by atoms with Crippen LogP contribution in [0, 0.1) is 11.3 Å². The molecule has 0 saturated carbocycles. The monoisotopic (exact) mass is 385 g/mol. The number of carbonyl (C=O) groups excluding carboxylic acids is 1. The Hall–Kier alpha value is -3.42. The molecule has 0 aliphatic heterocycles. The Labute approximate surface area is 171 Å². The Morgan fingerprint density at radius 1 is 0.862 bits per heavy atom. The Kier molecular flexibility index (Phi) is 6.78. The molecule has 0 unspecified atom stereocenters. The molecule has 146 valence electrons. The van der Waals surface area contributed by atoms with Gasteiger partial charge in [0.05, 0.1) is 19.1 Å². The Balaban J connectivity index is 2.12. The molecule has 0 saturated heterocycles. The highest BCUT2D eigenvalue weighted by atomic mass is 16.6. The molecular weight excluding hydrogens is 362 g/mol. The molecular formula is C25H23NO3. The highest BCUT2D eigenvalue weighted by Gasteiger charge is 2.38. The number of carbonyl (C=O) groups is 1. The minimum absolute atomic E-state index is 0.0635. The normalized spacial score (nSPS) is 12.0. The Morgan fingerprint density at radius 3 is 1.62 bits per heavy atom. The Bertz CT molecular complexity index is 853. The number of nitriles is 1. The highest BCUT2D eigenvalue weighted by Crippen LogP contribution is 2.40. The molecule has 0 aliphatic carbocycles. The van der Waals surface area contributed by atoms with Crippen molar-refractivity contribution in [3.05, 3.63) is 108 Å². The number of ether oxygens (including phenoxy) is 2. The maximum Gasteiger partial charge on any atom is 0.303 e. The summed E-state index contributed by atoms with van der Waals surface area (Å²) in [6.45, 7) is 1.43. The fraction of sp³-hybridized carbons (Fsp3) is 0.200. The van der Waals surface area contributed by atoms with Crippen molar-refractivity contribution in [1.29, 1.82) is 5.26 Å². The van der Waals surface area contributed by atoms with E-state index in [4.69, 9.17) is 14.7 Å². The van der Waals surface area contributed by atoms with Crippen LogP contribution in [0.5, 0.6) is 0 Å². The summed E-state index contributed by atoms with van der Waals surface area (Å²) in [6.07, 6.45) is -0.582. The summed E-state index contributed by atoms with van der Waals surface area (Å²) in [4.78, 5) is 11.5. The van der Waals surface area contributed by atoms with Gasteiger partial charge in [-0.3, -0.25) is 4.79 Å². The lowest BCUT2D eigenvalue weighted by atomic mass is 9.80. The molecule has 0 aliphatic rings. The second kappa shape index (κ2) is 9.68. The third-order valence-corrected chi connectivity index (χ3v) is 4.68. The molecule has 0 amide bonds. The van der Waals surface area contributed by atoms with E-state index in [1.54, 1.807) is 0 Å². The van der Waals surface area contributed by atoms with E-state index in [9.17, 15) is 4.79 Å². The first-order valence-electron chi connectivity index (χ1n) is 9.51. The predicted octanol–water partition coefficient (Wildman–Crippen LogP) is 4.84. The summed E-state index contributed by atoms with van der Waals surface area (Å²) < 4.78 is 11.9. The van der Waals surface area contributed by atoms with Crippen LogP contribution in [-0.2, 0) is 19.9 Å². The lowest BCUT2D eigenvalue weighted by Gasteiger charge is -2.36. The summed E-state index contributed by atoms with van der Waals surface area (Å²) in [7, 11) is 0. The van der Waals surface area contributed by atoms with Crippen LogP contribution in [0.4, 0.5) is 0 Å². The standard InChI is InChI=1S/C25H23NO3/c1-20(27)29-24(17-18-26)19-28-25(21-11-5-2-6-12-21,22-13-7-3-8-14-22)23-15-9-4-10-16-23/h2-16,24H,17,19H2,1H3/t24-/m0/s1. The molecule has 1 atom stereocenters. The molecule has 4 heteroatoms. The van der Waals surface area contributed by atoms with Crippen molar-refractivity contribution in [2.24, 2.45) is 0 Å². The zero-order chi connectivity index (χ0) is 20.5. The molecule has 3 aromatic rings. The van der Waals surface area contributed by atoms with Crippen LogP contribution in [0.25, 0.3) is 0 Å². The number of hydrogen-bond acceptors (Lipinski definition) is 4. The van der Waals surface area contributed by atoms with Crippen molar-refractivity contribution < 1.29 is 14.3 Å². The van der Waals surface area contributed by atoms with Crippen LogP contribution in [-0.4, -0.2) is 18.7 Å². The molecule has 0 heterocycles. The van der Waals surface area contributed by atoms with E-state index in [1.807, 2.05) is 91.0 Å². The fourth-order valence-electron chi connectivity index (χ4n) is 3.46. The van der Waals surface area contributed by atoms with Crippen molar-refractivity contribution in [2.75, 3.05) is 6.61 Å². The summed E-state index contributed by atoms with van der Waals surface area (Å²) in [5.74, 6) is -0.432. The first-order chi connectivity index (χ1) is 14.2. The SMILES string of the molecule is CC(=O)O[C@@H](CC#N)COC(c1ccccc1)(c1ccccc1)c1ccccc1. The first kappa shape index (κ1) is 20.3. The number of nitrogens with zero attached hydrogens (tertiary/aromatic N) is 1. The molecule has 4 nitrogen and oxygen atoms in total. The average Bonchev–Trinajstić information content (AvgIpc) is 2.76. The third kappa shape index (κ3) is 4.71. The van der Waals surface area contributed by atoms with Gasteiger partial charge < -0.3 is 9.47 Å². The van der Waals surface area contributed by atoms with Crippen LogP contribution < -0.4 is 0 Å². The topological polar surface area (TPSA) is 59.3 Å². The summed E-state index contributed by atoms with van der Waals surface area (Å²) in [5.41, 5.74) is 1.96. The van der Waals surface area contributed by atoms with Gasteiger partial charge in [0.25, 0.3) is 0 Å². The Morgan fingerprint density at radius 2 is 1.28 bits per heavy atom. The van der Waals surface area contributed by atoms with E-state index in [1.165, 1.54) is 6.92 Å². The first-order valence-corrected chi connectivity index (χ1v) is 9.51. The van der Waals surface area contributed by atoms with E-state index in [0.29, 0.717) is 0 Å². The van der Waals surface area contributed by atoms with Gasteiger partial charge >= 0.3 is 5.97 Å². The second-order valence-corrected chi connectivity index (χ2v) is 6.68. The predicted molar refractivity (Wildman–Crippen MR) is 111 cm³/mol. The van der Waals surface area contributed by atoms with Gasteiger partial charge in [-0.15, -0.1) is 0 Å². The van der Waals surface area contributed by atoms with Crippen molar-refractivity contribution in [3.63, 3.8) is 0 Å². The smallest absolute Gasteiger partial charge is 0.303 e. The second-order valence-electron chi connectivity index (χ2n) is 6.68. The van der Waals surface area contributed by atoms with Crippen molar-refractivity contribution >= 4 is 5.97 Å². The van der Waals surface area contributed by atoms with Gasteiger partial charge in [0.15, 0.2) is 0 Å². The number of esters is 1. The summed E-state index contributed by atoms with van der Waals surface area (Å²) in [5, 5.41) is 9.13. The minimum Gasteiger partial charge on any atom is -0.459 e. The molecule has 0 radical (unpaired) electrons. The molecule has 3 rings (SSSR count). The van der Waals surface area contributed by atoms with Crippen molar-refractivity contribution in [2.45, 2.75) is 25.0 Å². The lowest BCUT2D eigenvalue weighted by molar-refractivity contribution is -0.151. The molecule has 0 fully saturated rings. The van der Waals surface area contributed by atoms with Crippen LogP contribution >= 0.6 is 0 Å². The van der Waals surface area contributed by atoms with Gasteiger partial charge in [-0.05, 0) is 16.7 Å². The van der Waals surface area contributed by atoms with Gasteiger partial charge in [0.1, 0.15) is 11.7 Å². The molecule has 0 N–H and O–H groups in total. The average molecular weight is 385 g/mol. The van der Waals surface area contributed by atoms with Gasteiger partial charge in [0.2, 0.25) is 0 Å². The van der Waals surface area contributed by atoms with E-state index in [2.05, 4.69) is 6.07 Å². The van der Waals surface area contributed by atoms with Crippen LogP contribution in [0.1, 0.15) is 30.0 Å². The van der Waals surface area contributed by atoms with E-state index < -0.39 is 17.7 Å². The van der Waals surface area contributed by atoms with Crippen molar-refractivity contribution in [1.82, 2.24) is 0 Å². The van der Waals surface area contributed by atoms with E-state index in [-0.39, 0.29) is 13.0 Å². The van der Waals surface area contributed by atoms with Crippen LogP contribution in [0.3, 0.4) is 0 Å². The summed E-state index contributed by atoms with van der Waals surface area (Å²) in [6, 6.07) is 31.9. The van der Waals surface area contributed by atoms with Gasteiger partial charge in [0, 0.05) is 6.92 Å². The summed E-state index contributed by atoms with van der Waals surface area (Å²) >= 11 is 0.